The van der Waals surface area contributed by atoms with Crippen LogP contribution in [0.1, 0.15) is 70.4 Å². The van der Waals surface area contributed by atoms with Gasteiger partial charge in [-0.05, 0) is 71.7 Å². The predicted octanol–water partition coefficient (Wildman–Crippen LogP) is 6.41. The van der Waals surface area contributed by atoms with Crippen LogP contribution >= 0.6 is 11.6 Å². The second-order valence-electron chi connectivity index (χ2n) is 10.2. The Morgan fingerprint density at radius 1 is 1.13 bits per heavy atom. The van der Waals surface area contributed by atoms with E-state index in [1.54, 1.807) is 18.3 Å². The van der Waals surface area contributed by atoms with Gasteiger partial charge in [-0.1, -0.05) is 55.8 Å². The molecular formula is C31H33ClFN3O2. The first-order valence-electron chi connectivity index (χ1n) is 12.9. The fourth-order valence-electron chi connectivity index (χ4n) is 4.57. The Labute approximate surface area is 228 Å². The first-order chi connectivity index (χ1) is 18.2. The summed E-state index contributed by atoms with van der Waals surface area (Å²) in [6.07, 6.45) is 7.35. The zero-order valence-electron chi connectivity index (χ0n) is 22.1. The topological polar surface area (TPSA) is 62.3 Å². The van der Waals surface area contributed by atoms with Crippen LogP contribution in [0, 0.1) is 18.7 Å². The lowest BCUT2D eigenvalue weighted by molar-refractivity contribution is -0.128. The quantitative estimate of drug-likeness (QED) is 0.346. The number of nitrogens with one attached hydrogen (secondary N) is 1. The van der Waals surface area contributed by atoms with Crippen LogP contribution in [-0.4, -0.2) is 28.2 Å². The lowest BCUT2D eigenvalue weighted by Gasteiger charge is -2.15. The molecule has 1 saturated heterocycles. The molecule has 38 heavy (non-hydrogen) atoms. The first kappa shape index (κ1) is 27.5. The summed E-state index contributed by atoms with van der Waals surface area (Å²) in [5.41, 5.74) is 5.37. The maximum Gasteiger partial charge on any atom is 0.253 e. The van der Waals surface area contributed by atoms with Gasteiger partial charge in [-0.15, -0.1) is 0 Å². The highest BCUT2D eigenvalue weighted by Gasteiger charge is 2.20. The Bertz CT molecular complexity index is 1350. The third-order valence-electron chi connectivity index (χ3n) is 6.60. The number of benzene rings is 2. The smallest absolute Gasteiger partial charge is 0.253 e. The normalized spacial score (nSPS) is 13.9. The van der Waals surface area contributed by atoms with Crippen molar-refractivity contribution in [3.63, 3.8) is 0 Å². The van der Waals surface area contributed by atoms with Crippen LogP contribution in [0.4, 0.5) is 4.39 Å². The van der Waals surface area contributed by atoms with Crippen molar-refractivity contribution < 1.29 is 14.0 Å². The van der Waals surface area contributed by atoms with Crippen molar-refractivity contribution in [3.8, 4) is 0 Å². The van der Waals surface area contributed by atoms with Gasteiger partial charge in [0.05, 0.1) is 5.56 Å². The van der Waals surface area contributed by atoms with Crippen molar-refractivity contribution in [2.75, 3.05) is 6.54 Å². The van der Waals surface area contributed by atoms with Crippen molar-refractivity contribution in [2.24, 2.45) is 5.92 Å². The molecule has 0 atom stereocenters. The first-order valence-corrected chi connectivity index (χ1v) is 13.3. The maximum atomic E-state index is 14.6. The van der Waals surface area contributed by atoms with E-state index in [9.17, 15) is 14.0 Å². The third-order valence-corrected chi connectivity index (χ3v) is 6.93. The molecular weight excluding hydrogens is 501 g/mol. The number of likely N-dealkylation sites (tertiary alicyclic amines) is 1. The molecule has 0 aliphatic carbocycles. The molecule has 0 spiro atoms. The number of allylic oxidation sites excluding steroid dienone is 1. The standard InChI is InChI=1S/C31H33ClFN3O2/c1-20(2)11-28(32)27-15-25(29(33)12-21(27)3)18-35-31(38)26-14-24(16-34-17-26)13-22-6-8-23(9-7-22)19-36-10-4-5-30(36)37/h6-9,11-12,14-17,20H,4-5,10,13,18-19H2,1-3H3,(H,35,38)/b28-11+. The summed E-state index contributed by atoms with van der Waals surface area (Å²) in [6.45, 7) is 7.36. The lowest BCUT2D eigenvalue weighted by atomic mass is 10.0. The molecule has 2 aromatic carbocycles. The van der Waals surface area contributed by atoms with Crippen LogP contribution in [0.2, 0.25) is 0 Å². The van der Waals surface area contributed by atoms with Crippen molar-refractivity contribution >= 4 is 28.4 Å². The van der Waals surface area contributed by atoms with E-state index in [1.165, 1.54) is 12.3 Å². The Morgan fingerprint density at radius 3 is 2.55 bits per heavy atom. The highest BCUT2D eigenvalue weighted by molar-refractivity contribution is 6.48. The molecule has 7 heteroatoms. The average Bonchev–Trinajstić information content (AvgIpc) is 3.28. The van der Waals surface area contributed by atoms with Crippen LogP contribution in [0.25, 0.3) is 5.03 Å². The lowest BCUT2D eigenvalue weighted by Crippen LogP contribution is -2.24. The highest BCUT2D eigenvalue weighted by atomic mass is 35.5. The van der Waals surface area contributed by atoms with E-state index in [4.69, 9.17) is 11.6 Å². The van der Waals surface area contributed by atoms with Crippen LogP contribution in [0.3, 0.4) is 0 Å². The minimum absolute atomic E-state index is 0.0367. The monoisotopic (exact) mass is 533 g/mol. The molecule has 1 aliphatic rings. The molecule has 2 amide bonds. The molecule has 1 aliphatic heterocycles. The number of aryl methyl sites for hydroxylation is 1. The van der Waals surface area contributed by atoms with Gasteiger partial charge in [-0.25, -0.2) is 4.39 Å². The molecule has 1 aromatic heterocycles. The highest BCUT2D eigenvalue weighted by Crippen LogP contribution is 2.27. The second kappa shape index (κ2) is 12.4. The maximum absolute atomic E-state index is 14.6. The summed E-state index contributed by atoms with van der Waals surface area (Å²) >= 11 is 6.45. The summed E-state index contributed by atoms with van der Waals surface area (Å²) in [6, 6.07) is 13.1. The molecule has 2 heterocycles. The van der Waals surface area contributed by atoms with E-state index in [0.717, 1.165) is 40.8 Å². The fourth-order valence-corrected chi connectivity index (χ4v) is 5.02. The van der Waals surface area contributed by atoms with Gasteiger partial charge in [-0.3, -0.25) is 14.6 Å². The number of aromatic nitrogens is 1. The Balaban J connectivity index is 1.39. The summed E-state index contributed by atoms with van der Waals surface area (Å²) in [4.78, 5) is 30.9. The zero-order chi connectivity index (χ0) is 27.2. The van der Waals surface area contributed by atoms with E-state index in [1.807, 2.05) is 56.0 Å². The van der Waals surface area contributed by atoms with E-state index >= 15 is 0 Å². The summed E-state index contributed by atoms with van der Waals surface area (Å²) < 4.78 is 14.6. The van der Waals surface area contributed by atoms with E-state index in [2.05, 4.69) is 10.3 Å². The second-order valence-corrected chi connectivity index (χ2v) is 10.6. The van der Waals surface area contributed by atoms with Gasteiger partial charge >= 0.3 is 0 Å². The van der Waals surface area contributed by atoms with Crippen LogP contribution in [0.15, 0.2) is 60.9 Å². The zero-order valence-corrected chi connectivity index (χ0v) is 22.8. The fraction of sp³-hybridized carbons (Fsp3) is 0.323. The number of rotatable bonds is 9. The molecule has 0 bridgehead atoms. The number of hydrogen-bond acceptors (Lipinski definition) is 3. The summed E-state index contributed by atoms with van der Waals surface area (Å²) in [5, 5.41) is 3.37. The summed E-state index contributed by atoms with van der Waals surface area (Å²) in [7, 11) is 0. The number of carbonyl (C=O) groups excluding carboxylic acids is 2. The van der Waals surface area contributed by atoms with Crippen LogP contribution in [0.5, 0.6) is 0 Å². The minimum atomic E-state index is -0.384. The van der Waals surface area contributed by atoms with Gasteiger partial charge in [0.2, 0.25) is 5.91 Å². The van der Waals surface area contributed by atoms with Gasteiger partial charge < -0.3 is 10.2 Å². The van der Waals surface area contributed by atoms with Gasteiger partial charge in [0, 0.05) is 49.0 Å². The van der Waals surface area contributed by atoms with Gasteiger partial charge in [-0.2, -0.15) is 0 Å². The molecule has 4 rings (SSSR count). The van der Waals surface area contributed by atoms with Crippen molar-refractivity contribution in [2.45, 2.75) is 53.1 Å². The predicted molar refractivity (Wildman–Crippen MR) is 149 cm³/mol. The Morgan fingerprint density at radius 2 is 1.87 bits per heavy atom. The van der Waals surface area contributed by atoms with Crippen molar-refractivity contribution in [1.82, 2.24) is 15.2 Å². The van der Waals surface area contributed by atoms with Crippen molar-refractivity contribution in [3.05, 3.63) is 106 Å². The Hall–Kier alpha value is -3.51. The number of pyridine rings is 1. The number of nitrogens with zero attached hydrogens (tertiary/aromatic N) is 2. The Kier molecular flexibility index (Phi) is 8.95. The molecule has 198 valence electrons. The molecule has 0 unspecified atom stereocenters. The molecule has 1 fully saturated rings. The number of halogens is 2. The van der Waals surface area contributed by atoms with E-state index in [-0.39, 0.29) is 30.1 Å². The largest absolute Gasteiger partial charge is 0.348 e. The van der Waals surface area contributed by atoms with E-state index in [0.29, 0.717) is 35.5 Å². The molecule has 3 aromatic rings. The van der Waals surface area contributed by atoms with E-state index < -0.39 is 0 Å². The third kappa shape index (κ3) is 7.07. The van der Waals surface area contributed by atoms with Gasteiger partial charge in [0.1, 0.15) is 5.82 Å². The number of carbonyl (C=O) groups is 2. The molecule has 0 radical (unpaired) electrons. The number of hydrogen-bond donors (Lipinski definition) is 1. The SMILES string of the molecule is Cc1cc(F)c(CNC(=O)c2cncc(Cc3ccc(CN4CCCC4=O)cc3)c2)cc1/C(Cl)=C\C(C)C. The van der Waals surface area contributed by atoms with Crippen molar-refractivity contribution in [1.29, 1.82) is 0 Å². The average molecular weight is 534 g/mol. The molecule has 5 nitrogen and oxygen atoms in total. The minimum Gasteiger partial charge on any atom is -0.348 e. The van der Waals surface area contributed by atoms with Gasteiger partial charge in [0.15, 0.2) is 0 Å². The summed E-state index contributed by atoms with van der Waals surface area (Å²) in [5.74, 6) is -0.235. The molecule has 0 saturated carbocycles. The van der Waals surface area contributed by atoms with Crippen LogP contribution in [-0.2, 0) is 24.3 Å². The number of amides is 2. The van der Waals surface area contributed by atoms with Gasteiger partial charge in [0.25, 0.3) is 5.91 Å². The molecule has 1 N–H and O–H groups in total. The van der Waals surface area contributed by atoms with Crippen LogP contribution < -0.4 is 5.32 Å².